The number of benzene rings is 1. The number of oxazole rings is 1. The maximum atomic E-state index is 10.5. The summed E-state index contributed by atoms with van der Waals surface area (Å²) >= 11 is 0. The van der Waals surface area contributed by atoms with Crippen LogP contribution in [0.3, 0.4) is 0 Å². The Morgan fingerprint density at radius 3 is 2.56 bits per heavy atom. The Bertz CT molecular complexity index is 504. The molecule has 2 N–H and O–H groups in total. The number of aromatic nitrogens is 1. The van der Waals surface area contributed by atoms with E-state index in [1.165, 1.54) is 12.1 Å². The van der Waals surface area contributed by atoms with Crippen LogP contribution in [0.2, 0.25) is 0 Å². The first-order valence-electron chi connectivity index (χ1n) is 4.60. The lowest BCUT2D eigenvalue weighted by molar-refractivity contribution is -0.384. The van der Waals surface area contributed by atoms with Crippen molar-refractivity contribution in [3.8, 4) is 11.3 Å². The molecule has 0 radical (unpaired) electrons. The van der Waals surface area contributed by atoms with Gasteiger partial charge in [0.2, 0.25) is 5.89 Å². The third-order valence-corrected chi connectivity index (χ3v) is 2.09. The van der Waals surface area contributed by atoms with Gasteiger partial charge in [0, 0.05) is 17.7 Å². The zero-order valence-corrected chi connectivity index (χ0v) is 8.29. The van der Waals surface area contributed by atoms with E-state index < -0.39 is 4.92 Å². The van der Waals surface area contributed by atoms with Gasteiger partial charge in [-0.25, -0.2) is 4.98 Å². The van der Waals surface area contributed by atoms with Crippen LogP contribution in [0.15, 0.2) is 34.9 Å². The summed E-state index contributed by atoms with van der Waals surface area (Å²) in [5.41, 5.74) is 6.14. The Hall–Kier alpha value is -2.21. The predicted molar refractivity (Wildman–Crippen MR) is 56.5 cm³/mol. The van der Waals surface area contributed by atoms with E-state index in [-0.39, 0.29) is 12.2 Å². The summed E-state index contributed by atoms with van der Waals surface area (Å²) in [7, 11) is 0. The molecule has 0 aliphatic rings. The second-order valence-corrected chi connectivity index (χ2v) is 3.13. The normalized spacial score (nSPS) is 10.3. The van der Waals surface area contributed by atoms with E-state index in [0.29, 0.717) is 11.7 Å². The molecule has 1 aromatic carbocycles. The van der Waals surface area contributed by atoms with E-state index in [2.05, 4.69) is 4.98 Å². The van der Waals surface area contributed by atoms with Crippen molar-refractivity contribution in [3.05, 3.63) is 46.5 Å². The predicted octanol–water partition coefficient (Wildman–Crippen LogP) is 1.71. The Balaban J connectivity index is 2.30. The van der Waals surface area contributed by atoms with Gasteiger partial charge in [0.1, 0.15) is 0 Å². The number of hydrogen-bond donors (Lipinski definition) is 1. The first-order chi connectivity index (χ1) is 7.70. The average Bonchev–Trinajstić information content (AvgIpc) is 2.77. The summed E-state index contributed by atoms with van der Waals surface area (Å²) in [6.07, 6.45) is 1.54. The van der Waals surface area contributed by atoms with Crippen molar-refractivity contribution >= 4 is 5.69 Å². The topological polar surface area (TPSA) is 95.2 Å². The molecule has 0 amide bonds. The zero-order valence-electron chi connectivity index (χ0n) is 8.29. The van der Waals surface area contributed by atoms with Crippen molar-refractivity contribution in [2.75, 3.05) is 0 Å². The smallest absolute Gasteiger partial charge is 0.269 e. The molecule has 1 aromatic heterocycles. The highest BCUT2D eigenvalue weighted by Gasteiger charge is 2.08. The van der Waals surface area contributed by atoms with Crippen LogP contribution in [0.5, 0.6) is 0 Å². The molecule has 0 bridgehead atoms. The van der Waals surface area contributed by atoms with Crippen molar-refractivity contribution in [2.24, 2.45) is 5.73 Å². The maximum absolute atomic E-state index is 10.5. The Morgan fingerprint density at radius 2 is 2.06 bits per heavy atom. The minimum Gasteiger partial charge on any atom is -0.439 e. The highest BCUT2D eigenvalue weighted by molar-refractivity contribution is 5.58. The average molecular weight is 219 g/mol. The molecule has 0 unspecified atom stereocenters. The number of hydrogen-bond acceptors (Lipinski definition) is 5. The molecule has 0 saturated carbocycles. The fourth-order valence-corrected chi connectivity index (χ4v) is 1.29. The highest BCUT2D eigenvalue weighted by atomic mass is 16.6. The van der Waals surface area contributed by atoms with Gasteiger partial charge in [-0.1, -0.05) is 0 Å². The first-order valence-corrected chi connectivity index (χ1v) is 4.60. The molecule has 2 rings (SSSR count). The number of nitro benzene ring substituents is 1. The summed E-state index contributed by atoms with van der Waals surface area (Å²) in [6.45, 7) is 0.229. The van der Waals surface area contributed by atoms with Gasteiger partial charge in [-0.2, -0.15) is 0 Å². The number of nitrogens with zero attached hydrogens (tertiary/aromatic N) is 2. The van der Waals surface area contributed by atoms with Crippen LogP contribution in [0.1, 0.15) is 5.89 Å². The van der Waals surface area contributed by atoms with E-state index >= 15 is 0 Å². The van der Waals surface area contributed by atoms with Gasteiger partial charge >= 0.3 is 0 Å². The third kappa shape index (κ3) is 1.91. The van der Waals surface area contributed by atoms with Crippen LogP contribution >= 0.6 is 0 Å². The molecule has 82 valence electrons. The lowest BCUT2D eigenvalue weighted by atomic mass is 10.2. The molecule has 0 aliphatic carbocycles. The molecule has 6 nitrogen and oxygen atoms in total. The fourth-order valence-electron chi connectivity index (χ4n) is 1.29. The van der Waals surface area contributed by atoms with Crippen molar-refractivity contribution in [1.29, 1.82) is 0 Å². The number of nitro groups is 1. The molecular weight excluding hydrogens is 210 g/mol. The number of non-ortho nitro benzene ring substituents is 1. The lowest BCUT2D eigenvalue weighted by Gasteiger charge is -1.95. The second-order valence-electron chi connectivity index (χ2n) is 3.13. The van der Waals surface area contributed by atoms with Gasteiger partial charge < -0.3 is 10.2 Å². The monoisotopic (exact) mass is 219 g/mol. The molecule has 1 heterocycles. The zero-order chi connectivity index (χ0) is 11.5. The molecule has 0 aliphatic heterocycles. The maximum Gasteiger partial charge on any atom is 0.269 e. The van der Waals surface area contributed by atoms with Gasteiger partial charge in [0.25, 0.3) is 5.69 Å². The lowest BCUT2D eigenvalue weighted by Crippen LogP contribution is -1.94. The molecule has 16 heavy (non-hydrogen) atoms. The Labute approximate surface area is 90.9 Å². The van der Waals surface area contributed by atoms with Crippen molar-refractivity contribution in [2.45, 2.75) is 6.54 Å². The van der Waals surface area contributed by atoms with E-state index in [9.17, 15) is 10.1 Å². The second kappa shape index (κ2) is 4.11. The highest BCUT2D eigenvalue weighted by Crippen LogP contribution is 2.22. The van der Waals surface area contributed by atoms with E-state index in [1.54, 1.807) is 18.3 Å². The van der Waals surface area contributed by atoms with Gasteiger partial charge in [0.15, 0.2) is 5.76 Å². The summed E-state index contributed by atoms with van der Waals surface area (Å²) in [4.78, 5) is 13.9. The largest absolute Gasteiger partial charge is 0.439 e. The SMILES string of the molecule is NCc1ncc(-c2ccc([N+](=O)[O-])cc2)o1. The van der Waals surface area contributed by atoms with E-state index in [1.807, 2.05) is 0 Å². The standard InChI is InChI=1S/C10H9N3O3/c11-5-10-12-6-9(16-10)7-1-3-8(4-2-7)13(14)15/h1-4,6H,5,11H2. The van der Waals surface area contributed by atoms with Crippen molar-refractivity contribution in [3.63, 3.8) is 0 Å². The first kappa shape index (κ1) is 10.3. The molecular formula is C10H9N3O3. The molecule has 0 fully saturated rings. The minimum absolute atomic E-state index is 0.0438. The third-order valence-electron chi connectivity index (χ3n) is 2.09. The molecule has 0 saturated heterocycles. The van der Waals surface area contributed by atoms with Crippen LogP contribution in [0.4, 0.5) is 5.69 Å². The quantitative estimate of drug-likeness (QED) is 0.626. The van der Waals surface area contributed by atoms with Gasteiger partial charge in [-0.05, 0) is 12.1 Å². The van der Waals surface area contributed by atoms with Crippen molar-refractivity contribution in [1.82, 2.24) is 4.98 Å². The summed E-state index contributed by atoms with van der Waals surface area (Å²) in [5, 5.41) is 10.5. The summed E-state index contributed by atoms with van der Waals surface area (Å²) < 4.78 is 5.31. The Kier molecular flexibility index (Phi) is 2.65. The van der Waals surface area contributed by atoms with Crippen LogP contribution in [0.25, 0.3) is 11.3 Å². The molecule has 0 spiro atoms. The molecule has 0 atom stereocenters. The fraction of sp³-hybridized carbons (Fsp3) is 0.100. The van der Waals surface area contributed by atoms with E-state index in [4.69, 9.17) is 10.2 Å². The van der Waals surface area contributed by atoms with Crippen LogP contribution in [-0.4, -0.2) is 9.91 Å². The van der Waals surface area contributed by atoms with Crippen LogP contribution < -0.4 is 5.73 Å². The van der Waals surface area contributed by atoms with Crippen molar-refractivity contribution < 1.29 is 9.34 Å². The van der Waals surface area contributed by atoms with Crippen LogP contribution in [-0.2, 0) is 6.54 Å². The Morgan fingerprint density at radius 1 is 1.38 bits per heavy atom. The molecule has 6 heteroatoms. The molecule has 2 aromatic rings. The van der Waals surface area contributed by atoms with Crippen LogP contribution in [0, 0.1) is 10.1 Å². The van der Waals surface area contributed by atoms with Gasteiger partial charge in [0.05, 0.1) is 17.7 Å². The van der Waals surface area contributed by atoms with Gasteiger partial charge in [-0.15, -0.1) is 0 Å². The summed E-state index contributed by atoms with van der Waals surface area (Å²) in [6, 6.07) is 6.05. The number of rotatable bonds is 3. The minimum atomic E-state index is -0.449. The summed E-state index contributed by atoms with van der Waals surface area (Å²) in [5.74, 6) is 0.990. The number of nitrogens with two attached hydrogens (primary N) is 1. The van der Waals surface area contributed by atoms with E-state index in [0.717, 1.165) is 5.56 Å². The van der Waals surface area contributed by atoms with Gasteiger partial charge in [-0.3, -0.25) is 10.1 Å².